The zero-order valence-corrected chi connectivity index (χ0v) is 11.9. The molecular weight excluding hydrogens is 281 g/mol. The molecule has 1 aromatic carbocycles. The quantitative estimate of drug-likeness (QED) is 0.926. The molecule has 1 saturated heterocycles. The second kappa shape index (κ2) is 6.47. The van der Waals surface area contributed by atoms with Crippen LogP contribution in [0.2, 0.25) is 0 Å². The highest BCUT2D eigenvalue weighted by atomic mass is 19.4. The minimum absolute atomic E-state index is 0.0293. The van der Waals surface area contributed by atoms with Crippen molar-refractivity contribution in [1.29, 1.82) is 0 Å². The van der Waals surface area contributed by atoms with Gasteiger partial charge in [-0.2, -0.15) is 13.2 Å². The van der Waals surface area contributed by atoms with Crippen LogP contribution >= 0.6 is 0 Å². The van der Waals surface area contributed by atoms with Crippen LogP contribution in [0, 0.1) is 0 Å². The summed E-state index contributed by atoms with van der Waals surface area (Å²) < 4.78 is 36.8. The number of halogens is 3. The first kappa shape index (κ1) is 15.8. The summed E-state index contributed by atoms with van der Waals surface area (Å²) in [6, 6.07) is 6.72. The van der Waals surface area contributed by atoms with Crippen LogP contribution in [-0.4, -0.2) is 36.1 Å². The van der Waals surface area contributed by atoms with Gasteiger partial charge in [-0.25, -0.2) is 0 Å². The molecule has 116 valence electrons. The van der Waals surface area contributed by atoms with E-state index < -0.39 is 12.6 Å². The van der Waals surface area contributed by atoms with Crippen molar-refractivity contribution >= 4 is 5.91 Å². The molecule has 0 aromatic heterocycles. The molecule has 2 rings (SSSR count). The van der Waals surface area contributed by atoms with Gasteiger partial charge in [0.15, 0.2) is 0 Å². The summed E-state index contributed by atoms with van der Waals surface area (Å²) in [6.07, 6.45) is -4.14. The van der Waals surface area contributed by atoms with E-state index in [0.29, 0.717) is 6.54 Å². The Kier molecular flexibility index (Phi) is 4.88. The molecule has 0 saturated carbocycles. The van der Waals surface area contributed by atoms with Crippen LogP contribution in [0.1, 0.15) is 24.5 Å². The van der Waals surface area contributed by atoms with Gasteiger partial charge >= 0.3 is 6.18 Å². The summed E-state index contributed by atoms with van der Waals surface area (Å²) in [5.74, 6) is -0.0293. The molecule has 1 aromatic rings. The maximum absolute atomic E-state index is 12.3. The van der Waals surface area contributed by atoms with Crippen LogP contribution in [-0.2, 0) is 17.8 Å². The number of alkyl halides is 3. The third-order valence-corrected chi connectivity index (χ3v) is 3.51. The Labute approximate surface area is 122 Å². The number of carbonyl (C=O) groups is 1. The van der Waals surface area contributed by atoms with E-state index in [4.69, 9.17) is 0 Å². The first-order valence-electron chi connectivity index (χ1n) is 6.96. The lowest BCUT2D eigenvalue weighted by atomic mass is 10.1. The molecule has 0 spiro atoms. The fourth-order valence-electron chi connectivity index (χ4n) is 2.63. The lowest BCUT2D eigenvalue weighted by Gasteiger charge is -2.16. The summed E-state index contributed by atoms with van der Waals surface area (Å²) >= 11 is 0. The van der Waals surface area contributed by atoms with Gasteiger partial charge < -0.3 is 5.32 Å². The van der Waals surface area contributed by atoms with Gasteiger partial charge in [-0.05, 0) is 17.5 Å². The average molecular weight is 300 g/mol. The van der Waals surface area contributed by atoms with Gasteiger partial charge in [-0.3, -0.25) is 9.69 Å². The Bertz CT molecular complexity index is 485. The summed E-state index contributed by atoms with van der Waals surface area (Å²) in [7, 11) is 0. The first-order valence-corrected chi connectivity index (χ1v) is 6.96. The fourth-order valence-corrected chi connectivity index (χ4v) is 2.63. The first-order chi connectivity index (χ1) is 9.82. The third-order valence-electron chi connectivity index (χ3n) is 3.51. The molecule has 0 radical (unpaired) electrons. The van der Waals surface area contributed by atoms with E-state index in [1.165, 1.54) is 19.1 Å². The van der Waals surface area contributed by atoms with Crippen molar-refractivity contribution in [3.05, 3.63) is 35.4 Å². The molecular formula is C15H19F3N2O. The van der Waals surface area contributed by atoms with E-state index in [1.54, 1.807) is 12.1 Å². The highest BCUT2D eigenvalue weighted by Gasteiger charge is 2.27. The number of benzene rings is 1. The lowest BCUT2D eigenvalue weighted by molar-refractivity contribution is -0.127. The topological polar surface area (TPSA) is 32.3 Å². The standard InChI is InChI=1S/C15H19F3N2O/c1-11(21)19-14-6-7-20(10-14)9-13-4-2-12(3-5-13)8-15(16,17)18/h2-5,14H,6-10H2,1H3,(H,19,21). The van der Waals surface area contributed by atoms with Gasteiger partial charge in [-0.15, -0.1) is 0 Å². The number of hydrogen-bond donors (Lipinski definition) is 1. The maximum atomic E-state index is 12.3. The molecule has 21 heavy (non-hydrogen) atoms. The van der Waals surface area contributed by atoms with Crippen LogP contribution in [0.5, 0.6) is 0 Å². The van der Waals surface area contributed by atoms with E-state index >= 15 is 0 Å². The van der Waals surface area contributed by atoms with Crippen molar-refractivity contribution < 1.29 is 18.0 Å². The molecule has 1 atom stereocenters. The molecule has 1 aliphatic rings. The molecule has 0 aliphatic carbocycles. The monoisotopic (exact) mass is 300 g/mol. The summed E-state index contributed by atoms with van der Waals surface area (Å²) in [5.41, 5.74) is 1.27. The molecule has 1 unspecified atom stereocenters. The Morgan fingerprint density at radius 3 is 2.48 bits per heavy atom. The van der Waals surface area contributed by atoms with Crippen molar-refractivity contribution in [2.45, 2.75) is 38.5 Å². The minimum atomic E-state index is -4.16. The Morgan fingerprint density at radius 2 is 1.90 bits per heavy atom. The highest BCUT2D eigenvalue weighted by Crippen LogP contribution is 2.22. The SMILES string of the molecule is CC(=O)NC1CCN(Cc2ccc(CC(F)(F)F)cc2)C1. The Hall–Kier alpha value is -1.56. The van der Waals surface area contributed by atoms with E-state index in [9.17, 15) is 18.0 Å². The maximum Gasteiger partial charge on any atom is 0.393 e. The molecule has 1 aliphatic heterocycles. The van der Waals surface area contributed by atoms with Crippen LogP contribution in [0.25, 0.3) is 0 Å². The fraction of sp³-hybridized carbons (Fsp3) is 0.533. The molecule has 1 amide bonds. The van der Waals surface area contributed by atoms with Gasteiger partial charge in [0.25, 0.3) is 0 Å². The number of nitrogens with zero attached hydrogens (tertiary/aromatic N) is 1. The second-order valence-corrected chi connectivity index (χ2v) is 5.53. The summed E-state index contributed by atoms with van der Waals surface area (Å²) in [4.78, 5) is 13.2. The van der Waals surface area contributed by atoms with Crippen LogP contribution in [0.4, 0.5) is 13.2 Å². The van der Waals surface area contributed by atoms with Crippen LogP contribution in [0.15, 0.2) is 24.3 Å². The molecule has 3 nitrogen and oxygen atoms in total. The number of rotatable bonds is 4. The van der Waals surface area contributed by atoms with Crippen LogP contribution < -0.4 is 5.32 Å². The van der Waals surface area contributed by atoms with Crippen molar-refractivity contribution in [2.24, 2.45) is 0 Å². The van der Waals surface area contributed by atoms with Crippen molar-refractivity contribution in [3.8, 4) is 0 Å². The molecule has 0 bridgehead atoms. The second-order valence-electron chi connectivity index (χ2n) is 5.53. The van der Waals surface area contributed by atoms with Crippen molar-refractivity contribution in [2.75, 3.05) is 13.1 Å². The number of carbonyl (C=O) groups excluding carboxylic acids is 1. The van der Waals surface area contributed by atoms with E-state index in [-0.39, 0.29) is 17.5 Å². The third kappa shape index (κ3) is 5.38. The minimum Gasteiger partial charge on any atom is -0.352 e. The predicted octanol–water partition coefficient (Wildman–Crippen LogP) is 2.50. The van der Waals surface area contributed by atoms with Gasteiger partial charge in [-0.1, -0.05) is 24.3 Å². The smallest absolute Gasteiger partial charge is 0.352 e. The zero-order valence-electron chi connectivity index (χ0n) is 11.9. The average Bonchev–Trinajstić information content (AvgIpc) is 2.76. The summed E-state index contributed by atoms with van der Waals surface area (Å²) in [6.45, 7) is 3.86. The molecule has 6 heteroatoms. The normalized spacial score (nSPS) is 19.7. The van der Waals surface area contributed by atoms with Gasteiger partial charge in [0.2, 0.25) is 5.91 Å². The zero-order chi connectivity index (χ0) is 15.5. The summed E-state index contributed by atoms with van der Waals surface area (Å²) in [5, 5.41) is 2.89. The Morgan fingerprint density at radius 1 is 1.29 bits per heavy atom. The Balaban J connectivity index is 1.85. The van der Waals surface area contributed by atoms with Crippen molar-refractivity contribution in [3.63, 3.8) is 0 Å². The molecule has 1 fully saturated rings. The lowest BCUT2D eigenvalue weighted by Crippen LogP contribution is -2.35. The molecule has 1 N–H and O–H groups in total. The predicted molar refractivity (Wildman–Crippen MR) is 73.7 cm³/mol. The van der Waals surface area contributed by atoms with Gasteiger partial charge in [0.1, 0.15) is 0 Å². The molecule has 1 heterocycles. The largest absolute Gasteiger partial charge is 0.393 e. The number of likely N-dealkylation sites (tertiary alicyclic amines) is 1. The van der Waals surface area contributed by atoms with Crippen LogP contribution in [0.3, 0.4) is 0 Å². The number of nitrogens with one attached hydrogen (secondary N) is 1. The van der Waals surface area contributed by atoms with Gasteiger partial charge in [0, 0.05) is 32.6 Å². The number of amides is 1. The number of hydrogen-bond acceptors (Lipinski definition) is 2. The van der Waals surface area contributed by atoms with E-state index in [2.05, 4.69) is 10.2 Å². The van der Waals surface area contributed by atoms with Gasteiger partial charge in [0.05, 0.1) is 6.42 Å². The highest BCUT2D eigenvalue weighted by molar-refractivity contribution is 5.73. The van der Waals surface area contributed by atoms with E-state index in [1.807, 2.05) is 0 Å². The van der Waals surface area contributed by atoms with Crippen molar-refractivity contribution in [1.82, 2.24) is 10.2 Å². The van der Waals surface area contributed by atoms with E-state index in [0.717, 1.165) is 25.1 Å².